The maximum absolute atomic E-state index is 11.5. The van der Waals surface area contributed by atoms with Gasteiger partial charge in [0.1, 0.15) is 0 Å². The second kappa shape index (κ2) is 8.04. The molecule has 0 spiro atoms. The Morgan fingerprint density at radius 3 is 2.73 bits per heavy atom. The van der Waals surface area contributed by atoms with Crippen LogP contribution in [0.1, 0.15) is 33.6 Å². The van der Waals surface area contributed by atoms with Crippen LogP contribution in [0.4, 0.5) is 0 Å². The van der Waals surface area contributed by atoms with Gasteiger partial charge in [-0.25, -0.2) is 0 Å². The van der Waals surface area contributed by atoms with Crippen LogP contribution in [0.3, 0.4) is 0 Å². The molecule has 2 heteroatoms. The molecule has 0 bridgehead atoms. The smallest absolute Gasteiger partial charge is 0.244 e. The van der Waals surface area contributed by atoms with Gasteiger partial charge in [-0.15, -0.1) is 6.58 Å². The summed E-state index contributed by atoms with van der Waals surface area (Å²) in [6.45, 7) is 9.50. The summed E-state index contributed by atoms with van der Waals surface area (Å²) in [5.41, 5.74) is 1.08. The number of rotatable bonds is 6. The molecule has 0 heterocycles. The van der Waals surface area contributed by atoms with Crippen LogP contribution in [0.2, 0.25) is 0 Å². The van der Waals surface area contributed by atoms with Crippen molar-refractivity contribution in [2.45, 2.75) is 39.7 Å². The number of carbonyl (C=O) groups excluding carboxylic acids is 1. The number of allylic oxidation sites excluding steroid dienone is 3. The molecule has 1 amide bonds. The Balaban J connectivity index is 4.05. The lowest BCUT2D eigenvalue weighted by molar-refractivity contribution is -0.116. The zero-order valence-corrected chi connectivity index (χ0v) is 9.92. The first-order valence-corrected chi connectivity index (χ1v) is 5.31. The fourth-order valence-electron chi connectivity index (χ4n) is 1.23. The standard InChI is InChI=1S/C13H21NO/c1-5-7-9-11(3)10-13(15)14-12(4)8-6-2/h5-6,8,10,12H,1,7,9H2,2-4H3,(H,14,15)/b8-6-,11-10-. The van der Waals surface area contributed by atoms with Gasteiger partial charge >= 0.3 is 0 Å². The van der Waals surface area contributed by atoms with Crippen molar-refractivity contribution in [2.75, 3.05) is 0 Å². The third-order valence-corrected chi connectivity index (χ3v) is 1.97. The molecule has 0 radical (unpaired) electrons. The second-order valence-corrected chi connectivity index (χ2v) is 3.64. The molecule has 0 aromatic heterocycles. The van der Waals surface area contributed by atoms with Crippen LogP contribution in [-0.4, -0.2) is 11.9 Å². The monoisotopic (exact) mass is 207 g/mol. The average Bonchev–Trinajstić information content (AvgIpc) is 2.14. The number of nitrogens with one attached hydrogen (secondary N) is 1. The van der Waals surface area contributed by atoms with E-state index in [-0.39, 0.29) is 11.9 Å². The summed E-state index contributed by atoms with van der Waals surface area (Å²) in [5.74, 6) is -0.0258. The molecule has 84 valence electrons. The predicted octanol–water partition coefficient (Wildman–Crippen LogP) is 2.98. The number of hydrogen-bond donors (Lipinski definition) is 1. The Kier molecular flexibility index (Phi) is 7.33. The van der Waals surface area contributed by atoms with E-state index in [1.807, 2.05) is 39.0 Å². The van der Waals surface area contributed by atoms with Gasteiger partial charge in [-0.1, -0.05) is 23.8 Å². The molecule has 1 N–H and O–H groups in total. The number of carbonyl (C=O) groups is 1. The summed E-state index contributed by atoms with van der Waals surface area (Å²) in [4.78, 5) is 11.5. The van der Waals surface area contributed by atoms with Crippen molar-refractivity contribution in [3.05, 3.63) is 36.5 Å². The zero-order chi connectivity index (χ0) is 11.7. The Morgan fingerprint density at radius 1 is 1.53 bits per heavy atom. The quantitative estimate of drug-likeness (QED) is 0.526. The van der Waals surface area contributed by atoms with Crippen molar-refractivity contribution in [2.24, 2.45) is 0 Å². The van der Waals surface area contributed by atoms with Gasteiger partial charge in [0.25, 0.3) is 0 Å². The Bertz CT molecular complexity index is 264. The zero-order valence-electron chi connectivity index (χ0n) is 9.92. The van der Waals surface area contributed by atoms with Crippen molar-refractivity contribution in [3.63, 3.8) is 0 Å². The number of hydrogen-bond acceptors (Lipinski definition) is 1. The highest BCUT2D eigenvalue weighted by Gasteiger charge is 2.01. The van der Waals surface area contributed by atoms with Crippen molar-refractivity contribution in [1.82, 2.24) is 5.32 Å². The lowest BCUT2D eigenvalue weighted by Crippen LogP contribution is -2.29. The SMILES string of the molecule is C=CCC/C(C)=C\C(=O)NC(C)/C=C\C. The van der Waals surface area contributed by atoms with Crippen molar-refractivity contribution >= 4 is 5.91 Å². The molecule has 0 aliphatic carbocycles. The van der Waals surface area contributed by atoms with Gasteiger partial charge in [-0.2, -0.15) is 0 Å². The van der Waals surface area contributed by atoms with E-state index < -0.39 is 0 Å². The number of amides is 1. The van der Waals surface area contributed by atoms with Crippen LogP contribution in [0.15, 0.2) is 36.5 Å². The molecule has 0 aliphatic rings. The first kappa shape index (κ1) is 13.7. The van der Waals surface area contributed by atoms with Crippen LogP contribution < -0.4 is 5.32 Å². The van der Waals surface area contributed by atoms with Crippen LogP contribution in [0, 0.1) is 0 Å². The molecule has 0 aliphatic heterocycles. The molecule has 0 saturated carbocycles. The maximum Gasteiger partial charge on any atom is 0.244 e. The Labute approximate surface area is 92.8 Å². The highest BCUT2D eigenvalue weighted by Crippen LogP contribution is 2.03. The van der Waals surface area contributed by atoms with Crippen LogP contribution >= 0.6 is 0 Å². The average molecular weight is 207 g/mol. The van der Waals surface area contributed by atoms with Gasteiger partial charge in [0.2, 0.25) is 5.91 Å². The summed E-state index contributed by atoms with van der Waals surface area (Å²) in [6, 6.07) is 0.0888. The molecule has 1 unspecified atom stereocenters. The van der Waals surface area contributed by atoms with Gasteiger partial charge in [0.15, 0.2) is 0 Å². The van der Waals surface area contributed by atoms with Crippen LogP contribution in [-0.2, 0) is 4.79 Å². The molecule has 0 fully saturated rings. The van der Waals surface area contributed by atoms with E-state index in [1.54, 1.807) is 6.08 Å². The minimum absolute atomic E-state index is 0.0258. The van der Waals surface area contributed by atoms with E-state index in [0.29, 0.717) is 0 Å². The van der Waals surface area contributed by atoms with E-state index in [9.17, 15) is 4.79 Å². The molecule has 2 nitrogen and oxygen atoms in total. The maximum atomic E-state index is 11.5. The van der Waals surface area contributed by atoms with E-state index in [2.05, 4.69) is 11.9 Å². The third-order valence-electron chi connectivity index (χ3n) is 1.97. The minimum Gasteiger partial charge on any atom is -0.347 e. The first-order valence-electron chi connectivity index (χ1n) is 5.31. The molecule has 0 saturated heterocycles. The summed E-state index contributed by atoms with van der Waals surface area (Å²) in [7, 11) is 0. The van der Waals surface area contributed by atoms with E-state index >= 15 is 0 Å². The van der Waals surface area contributed by atoms with Crippen LogP contribution in [0.5, 0.6) is 0 Å². The van der Waals surface area contributed by atoms with Crippen molar-refractivity contribution in [3.8, 4) is 0 Å². The lowest BCUT2D eigenvalue weighted by Gasteiger charge is -2.07. The summed E-state index contributed by atoms with van der Waals surface area (Å²) < 4.78 is 0. The fraction of sp³-hybridized carbons (Fsp3) is 0.462. The van der Waals surface area contributed by atoms with Crippen molar-refractivity contribution in [1.29, 1.82) is 0 Å². The molecular weight excluding hydrogens is 186 g/mol. The topological polar surface area (TPSA) is 29.1 Å². The lowest BCUT2D eigenvalue weighted by atomic mass is 10.1. The Hall–Kier alpha value is -1.31. The third kappa shape index (κ3) is 7.74. The summed E-state index contributed by atoms with van der Waals surface area (Å²) >= 11 is 0. The largest absolute Gasteiger partial charge is 0.347 e. The molecule has 0 aromatic rings. The van der Waals surface area contributed by atoms with Crippen LogP contribution in [0.25, 0.3) is 0 Å². The minimum atomic E-state index is -0.0258. The van der Waals surface area contributed by atoms with E-state index in [0.717, 1.165) is 18.4 Å². The van der Waals surface area contributed by atoms with E-state index in [1.165, 1.54) is 0 Å². The van der Waals surface area contributed by atoms with Gasteiger partial charge < -0.3 is 5.32 Å². The van der Waals surface area contributed by atoms with Gasteiger partial charge in [0, 0.05) is 12.1 Å². The highest BCUT2D eigenvalue weighted by atomic mass is 16.1. The van der Waals surface area contributed by atoms with E-state index in [4.69, 9.17) is 0 Å². The first-order chi connectivity index (χ1) is 7.10. The molecule has 1 atom stereocenters. The second-order valence-electron chi connectivity index (χ2n) is 3.64. The summed E-state index contributed by atoms with van der Waals surface area (Å²) in [5, 5.41) is 2.86. The van der Waals surface area contributed by atoms with Gasteiger partial charge in [-0.3, -0.25) is 4.79 Å². The predicted molar refractivity (Wildman–Crippen MR) is 65.6 cm³/mol. The fourth-order valence-corrected chi connectivity index (χ4v) is 1.23. The molecule has 15 heavy (non-hydrogen) atoms. The van der Waals surface area contributed by atoms with Crippen molar-refractivity contribution < 1.29 is 4.79 Å². The van der Waals surface area contributed by atoms with Gasteiger partial charge in [0.05, 0.1) is 0 Å². The summed E-state index contributed by atoms with van der Waals surface area (Å²) in [6.07, 6.45) is 9.21. The molecular formula is C13H21NO. The Morgan fingerprint density at radius 2 is 2.20 bits per heavy atom. The highest BCUT2D eigenvalue weighted by molar-refractivity contribution is 5.88. The molecule has 0 rings (SSSR count). The van der Waals surface area contributed by atoms with Gasteiger partial charge in [-0.05, 0) is 33.6 Å². The molecule has 0 aromatic carbocycles. The normalized spacial score (nSPS) is 13.9.